The fraction of sp³-hybridized carbons (Fsp3) is 0.100. The van der Waals surface area contributed by atoms with Crippen LogP contribution in [0, 0.1) is 13.8 Å². The van der Waals surface area contributed by atoms with Crippen molar-refractivity contribution in [3.05, 3.63) is 70.6 Å². The first-order chi connectivity index (χ1) is 11.6. The highest BCUT2D eigenvalue weighted by molar-refractivity contribution is 7.20. The Labute approximate surface area is 144 Å². The van der Waals surface area contributed by atoms with Gasteiger partial charge in [0.1, 0.15) is 4.83 Å². The maximum atomic E-state index is 12.6. The van der Waals surface area contributed by atoms with E-state index >= 15 is 0 Å². The molecule has 0 bridgehead atoms. The van der Waals surface area contributed by atoms with Gasteiger partial charge in [-0.1, -0.05) is 35.9 Å². The van der Waals surface area contributed by atoms with Crippen LogP contribution in [0.15, 0.2) is 54.6 Å². The largest absolute Gasteiger partial charge is 0.321 e. The number of rotatable bonds is 2. The van der Waals surface area contributed by atoms with Gasteiger partial charge in [-0.3, -0.25) is 4.79 Å². The predicted molar refractivity (Wildman–Crippen MR) is 101 cm³/mol. The number of nitrogens with zero attached hydrogens (tertiary/aromatic N) is 1. The number of pyridine rings is 1. The van der Waals surface area contributed by atoms with E-state index < -0.39 is 0 Å². The van der Waals surface area contributed by atoms with Crippen molar-refractivity contribution < 1.29 is 4.79 Å². The van der Waals surface area contributed by atoms with Crippen molar-refractivity contribution in [2.75, 3.05) is 5.32 Å². The summed E-state index contributed by atoms with van der Waals surface area (Å²) >= 11 is 1.43. The Morgan fingerprint density at radius 1 is 1.00 bits per heavy atom. The van der Waals surface area contributed by atoms with Gasteiger partial charge in [0.25, 0.3) is 5.91 Å². The summed E-state index contributed by atoms with van der Waals surface area (Å²) in [5.41, 5.74) is 4.05. The highest BCUT2D eigenvalue weighted by Crippen LogP contribution is 2.28. The van der Waals surface area contributed by atoms with Crippen LogP contribution in [0.4, 0.5) is 5.69 Å². The van der Waals surface area contributed by atoms with Gasteiger partial charge in [-0.2, -0.15) is 0 Å². The third-order valence-corrected chi connectivity index (χ3v) is 5.11. The molecule has 0 unspecified atom stereocenters. The Hall–Kier alpha value is -2.72. The van der Waals surface area contributed by atoms with Gasteiger partial charge >= 0.3 is 0 Å². The summed E-state index contributed by atoms with van der Waals surface area (Å²) in [7, 11) is 0. The number of carbonyl (C=O) groups excluding carboxylic acids is 1. The number of fused-ring (bicyclic) bond motifs is 2. The lowest BCUT2D eigenvalue weighted by Gasteiger charge is -2.07. The maximum Gasteiger partial charge on any atom is 0.265 e. The first kappa shape index (κ1) is 14.8. The lowest BCUT2D eigenvalue weighted by Crippen LogP contribution is -2.11. The summed E-state index contributed by atoms with van der Waals surface area (Å²) in [4.78, 5) is 18.8. The summed E-state index contributed by atoms with van der Waals surface area (Å²) in [6, 6.07) is 18.0. The molecule has 2 aromatic carbocycles. The van der Waals surface area contributed by atoms with E-state index in [-0.39, 0.29) is 5.91 Å². The Bertz CT molecular complexity index is 1030. The number of nitrogens with one attached hydrogen (secondary N) is 1. The van der Waals surface area contributed by atoms with Gasteiger partial charge in [0.2, 0.25) is 0 Å². The summed E-state index contributed by atoms with van der Waals surface area (Å²) in [5.74, 6) is -0.0889. The van der Waals surface area contributed by atoms with E-state index in [0.717, 1.165) is 32.4 Å². The number of hydrogen-bond acceptors (Lipinski definition) is 3. The molecule has 4 rings (SSSR count). The fourth-order valence-corrected chi connectivity index (χ4v) is 3.74. The van der Waals surface area contributed by atoms with Gasteiger partial charge in [-0.05, 0) is 43.7 Å². The lowest BCUT2D eigenvalue weighted by molar-refractivity contribution is 0.103. The van der Waals surface area contributed by atoms with Crippen molar-refractivity contribution in [2.45, 2.75) is 13.8 Å². The highest BCUT2D eigenvalue weighted by Gasteiger charge is 2.13. The van der Waals surface area contributed by atoms with Crippen LogP contribution in [0.1, 0.15) is 20.8 Å². The average Bonchev–Trinajstić information content (AvgIpc) is 2.98. The zero-order chi connectivity index (χ0) is 16.7. The molecule has 3 nitrogen and oxygen atoms in total. The Morgan fingerprint density at radius 3 is 2.67 bits per heavy atom. The third kappa shape index (κ3) is 2.65. The maximum absolute atomic E-state index is 12.6. The van der Waals surface area contributed by atoms with E-state index in [4.69, 9.17) is 0 Å². The molecule has 1 N–H and O–H groups in total. The number of carbonyl (C=O) groups is 1. The normalized spacial score (nSPS) is 11.1. The van der Waals surface area contributed by atoms with E-state index in [1.807, 2.05) is 56.3 Å². The summed E-state index contributed by atoms with van der Waals surface area (Å²) in [6.45, 7) is 4.04. The number of aromatic nitrogens is 1. The minimum absolute atomic E-state index is 0.0889. The summed E-state index contributed by atoms with van der Waals surface area (Å²) in [6.07, 6.45) is 0. The monoisotopic (exact) mass is 332 g/mol. The molecule has 2 aromatic heterocycles. The van der Waals surface area contributed by atoms with Crippen molar-refractivity contribution in [2.24, 2.45) is 0 Å². The molecule has 4 heteroatoms. The zero-order valence-corrected chi connectivity index (χ0v) is 14.3. The molecule has 0 aliphatic carbocycles. The second-order valence-electron chi connectivity index (χ2n) is 5.96. The molecule has 0 aliphatic rings. The molecule has 0 spiro atoms. The minimum atomic E-state index is -0.0889. The minimum Gasteiger partial charge on any atom is -0.321 e. The zero-order valence-electron chi connectivity index (χ0n) is 13.5. The topological polar surface area (TPSA) is 42.0 Å². The second kappa shape index (κ2) is 5.73. The molecule has 2 heterocycles. The molecule has 0 fully saturated rings. The highest BCUT2D eigenvalue weighted by atomic mass is 32.1. The number of benzene rings is 2. The molecule has 0 atom stereocenters. The molecule has 0 aliphatic heterocycles. The van der Waals surface area contributed by atoms with Gasteiger partial charge in [0, 0.05) is 16.5 Å². The van der Waals surface area contributed by atoms with Crippen molar-refractivity contribution in [3.63, 3.8) is 0 Å². The SMILES string of the molecule is Cc1ccc(NC(=O)c2cc3cc4ccccc4nc3s2)c(C)c1. The van der Waals surface area contributed by atoms with Gasteiger partial charge < -0.3 is 5.32 Å². The van der Waals surface area contributed by atoms with E-state index in [9.17, 15) is 4.79 Å². The van der Waals surface area contributed by atoms with Crippen molar-refractivity contribution in [1.29, 1.82) is 0 Å². The molecule has 0 saturated heterocycles. The molecular weight excluding hydrogens is 316 g/mol. The van der Waals surface area contributed by atoms with Crippen LogP contribution in [0.25, 0.3) is 21.1 Å². The summed E-state index contributed by atoms with van der Waals surface area (Å²) in [5, 5.41) is 5.09. The molecule has 0 saturated carbocycles. The Balaban J connectivity index is 1.70. The standard InChI is InChI=1S/C20H16N2OS/c1-12-7-8-16(13(2)9-12)21-19(23)18-11-15-10-14-5-3-4-6-17(14)22-20(15)24-18/h3-11H,1-2H3,(H,21,23). The number of thiophene rings is 1. The van der Waals surface area contributed by atoms with Crippen molar-refractivity contribution in [1.82, 2.24) is 4.98 Å². The number of anilines is 1. The molecule has 1 amide bonds. The van der Waals surface area contributed by atoms with Crippen LogP contribution in [0.3, 0.4) is 0 Å². The number of amides is 1. The quantitative estimate of drug-likeness (QED) is 0.540. The third-order valence-electron chi connectivity index (χ3n) is 4.06. The van der Waals surface area contributed by atoms with Gasteiger partial charge in [0.15, 0.2) is 0 Å². The molecule has 4 aromatic rings. The van der Waals surface area contributed by atoms with E-state index in [1.165, 1.54) is 16.9 Å². The molecule has 24 heavy (non-hydrogen) atoms. The number of hydrogen-bond donors (Lipinski definition) is 1. The van der Waals surface area contributed by atoms with Crippen molar-refractivity contribution >= 4 is 44.1 Å². The van der Waals surface area contributed by atoms with E-state index in [1.54, 1.807) is 0 Å². The predicted octanol–water partition coefficient (Wildman–Crippen LogP) is 5.32. The number of aryl methyl sites for hydroxylation is 2. The van der Waals surface area contributed by atoms with Crippen LogP contribution in [-0.2, 0) is 0 Å². The Kier molecular flexibility index (Phi) is 3.54. The first-order valence-corrected chi connectivity index (χ1v) is 8.60. The average molecular weight is 332 g/mol. The van der Waals surface area contributed by atoms with Crippen LogP contribution in [0.5, 0.6) is 0 Å². The fourth-order valence-electron chi connectivity index (χ4n) is 2.82. The number of para-hydroxylation sites is 1. The van der Waals surface area contributed by atoms with Crippen LogP contribution in [0.2, 0.25) is 0 Å². The smallest absolute Gasteiger partial charge is 0.265 e. The Morgan fingerprint density at radius 2 is 1.83 bits per heavy atom. The van der Waals surface area contributed by atoms with E-state index in [0.29, 0.717) is 4.88 Å². The van der Waals surface area contributed by atoms with Crippen LogP contribution < -0.4 is 5.32 Å². The lowest BCUT2D eigenvalue weighted by atomic mass is 10.1. The van der Waals surface area contributed by atoms with Crippen LogP contribution in [-0.4, -0.2) is 10.9 Å². The van der Waals surface area contributed by atoms with Gasteiger partial charge in [0.05, 0.1) is 10.4 Å². The summed E-state index contributed by atoms with van der Waals surface area (Å²) < 4.78 is 0. The molecule has 118 valence electrons. The van der Waals surface area contributed by atoms with E-state index in [2.05, 4.69) is 22.4 Å². The van der Waals surface area contributed by atoms with Gasteiger partial charge in [-0.25, -0.2) is 4.98 Å². The second-order valence-corrected chi connectivity index (χ2v) is 6.99. The first-order valence-electron chi connectivity index (χ1n) is 7.78. The molecule has 0 radical (unpaired) electrons. The van der Waals surface area contributed by atoms with Crippen molar-refractivity contribution in [3.8, 4) is 0 Å². The van der Waals surface area contributed by atoms with Gasteiger partial charge in [-0.15, -0.1) is 11.3 Å². The molecular formula is C20H16N2OS. The van der Waals surface area contributed by atoms with Crippen LogP contribution >= 0.6 is 11.3 Å².